The highest BCUT2D eigenvalue weighted by Crippen LogP contribution is 2.29. The van der Waals surface area contributed by atoms with E-state index >= 15 is 0 Å². The average molecular weight is 379 g/mol. The Balaban J connectivity index is 2.13. The van der Waals surface area contributed by atoms with Crippen molar-refractivity contribution < 1.29 is 27.8 Å². The third-order valence-electron chi connectivity index (χ3n) is 3.41. The van der Waals surface area contributed by atoms with Crippen LogP contribution in [0.15, 0.2) is 24.0 Å². The number of alkyl halides is 3. The van der Waals surface area contributed by atoms with Gasteiger partial charge in [-0.2, -0.15) is 13.2 Å². The molecule has 11 heteroatoms. The molecule has 7 nitrogen and oxygen atoms in total. The topological polar surface area (TPSA) is 98.5 Å². The molecule has 2 heterocycles. The van der Waals surface area contributed by atoms with Gasteiger partial charge in [-0.05, 0) is 18.6 Å². The van der Waals surface area contributed by atoms with E-state index in [4.69, 9.17) is 22.1 Å². The van der Waals surface area contributed by atoms with E-state index < -0.39 is 24.8 Å². The zero-order valence-corrected chi connectivity index (χ0v) is 13.6. The highest BCUT2D eigenvalue weighted by Gasteiger charge is 2.29. The largest absolute Gasteiger partial charge is 0.477 e. The van der Waals surface area contributed by atoms with Crippen molar-refractivity contribution in [1.29, 1.82) is 5.41 Å². The maximum atomic E-state index is 12.2. The fourth-order valence-corrected chi connectivity index (χ4v) is 2.34. The number of rotatable bonds is 5. The molecule has 2 rings (SSSR count). The number of pyridine rings is 1. The van der Waals surface area contributed by atoms with Crippen LogP contribution in [-0.4, -0.2) is 46.2 Å². The number of carboxylic acids is 1. The maximum absolute atomic E-state index is 12.2. The number of carbonyl (C=O) groups is 1. The van der Waals surface area contributed by atoms with Crippen molar-refractivity contribution >= 4 is 23.4 Å². The van der Waals surface area contributed by atoms with Crippen LogP contribution in [-0.2, 0) is 4.79 Å². The van der Waals surface area contributed by atoms with Gasteiger partial charge >= 0.3 is 12.1 Å². The standard InChI is InChI=1S/C14H14ClF3N4O3/c1-7(22-6-21-10(13(23)24)3-11(22)19)8-2-9(15)12(20-4-8)25-5-14(16,17)18/h2-4,7,19,21H,5-6H2,1H3,(H,23,24). The lowest BCUT2D eigenvalue weighted by Gasteiger charge is -2.34. The average Bonchev–Trinajstić information content (AvgIpc) is 2.52. The van der Waals surface area contributed by atoms with Crippen LogP contribution in [0, 0.1) is 5.41 Å². The Bertz CT molecular complexity index is 724. The molecule has 0 spiro atoms. The first-order valence-electron chi connectivity index (χ1n) is 6.97. The van der Waals surface area contributed by atoms with Gasteiger partial charge in [-0.1, -0.05) is 11.6 Å². The van der Waals surface area contributed by atoms with Crippen LogP contribution >= 0.6 is 11.6 Å². The summed E-state index contributed by atoms with van der Waals surface area (Å²) < 4.78 is 41.1. The minimum Gasteiger partial charge on any atom is -0.477 e. The summed E-state index contributed by atoms with van der Waals surface area (Å²) in [4.78, 5) is 16.2. The first kappa shape index (κ1) is 18.8. The van der Waals surface area contributed by atoms with Gasteiger partial charge in [-0.15, -0.1) is 0 Å². The number of carboxylic acid groups (broad SMARTS) is 1. The lowest BCUT2D eigenvalue weighted by Crippen LogP contribution is -2.44. The van der Waals surface area contributed by atoms with Crippen molar-refractivity contribution in [3.63, 3.8) is 0 Å². The molecule has 0 bridgehead atoms. The fourth-order valence-electron chi connectivity index (χ4n) is 2.11. The van der Waals surface area contributed by atoms with E-state index in [2.05, 4.69) is 15.0 Å². The number of ether oxygens (including phenoxy) is 1. The molecule has 0 radical (unpaired) electrons. The van der Waals surface area contributed by atoms with E-state index in [9.17, 15) is 18.0 Å². The molecule has 25 heavy (non-hydrogen) atoms. The molecule has 1 aromatic heterocycles. The number of aromatic nitrogens is 1. The highest BCUT2D eigenvalue weighted by atomic mass is 35.5. The first-order chi connectivity index (χ1) is 11.6. The van der Waals surface area contributed by atoms with Gasteiger partial charge in [0.2, 0.25) is 5.88 Å². The van der Waals surface area contributed by atoms with Crippen molar-refractivity contribution in [2.45, 2.75) is 19.1 Å². The number of hydrogen-bond acceptors (Lipinski definition) is 5. The molecule has 1 unspecified atom stereocenters. The first-order valence-corrected chi connectivity index (χ1v) is 7.35. The van der Waals surface area contributed by atoms with Crippen molar-refractivity contribution in [3.05, 3.63) is 34.6 Å². The number of amidine groups is 1. The summed E-state index contributed by atoms with van der Waals surface area (Å²) in [5.41, 5.74) is 0.434. The second-order valence-corrected chi connectivity index (χ2v) is 5.60. The van der Waals surface area contributed by atoms with Crippen LogP contribution in [0.1, 0.15) is 18.5 Å². The predicted molar refractivity (Wildman–Crippen MR) is 82.5 cm³/mol. The molecule has 1 aliphatic heterocycles. The third-order valence-corrected chi connectivity index (χ3v) is 3.68. The van der Waals surface area contributed by atoms with Crippen LogP contribution in [0.2, 0.25) is 5.02 Å². The monoisotopic (exact) mass is 378 g/mol. The zero-order valence-electron chi connectivity index (χ0n) is 12.9. The van der Waals surface area contributed by atoms with Crippen LogP contribution in [0.3, 0.4) is 0 Å². The molecule has 0 aromatic carbocycles. The number of nitrogens with one attached hydrogen (secondary N) is 2. The molecule has 0 saturated heterocycles. The Hall–Kier alpha value is -2.49. The summed E-state index contributed by atoms with van der Waals surface area (Å²) in [6.45, 7) is 0.291. The van der Waals surface area contributed by atoms with E-state index in [-0.39, 0.29) is 29.1 Å². The van der Waals surface area contributed by atoms with E-state index in [0.717, 1.165) is 6.08 Å². The molecule has 1 aromatic rings. The summed E-state index contributed by atoms with van der Waals surface area (Å²) in [7, 11) is 0. The maximum Gasteiger partial charge on any atom is 0.422 e. The van der Waals surface area contributed by atoms with Gasteiger partial charge in [-0.25, -0.2) is 9.78 Å². The Morgan fingerprint density at radius 2 is 2.28 bits per heavy atom. The molecule has 3 N–H and O–H groups in total. The molecule has 0 aliphatic carbocycles. The Labute approximate surface area is 145 Å². The second-order valence-electron chi connectivity index (χ2n) is 5.19. The van der Waals surface area contributed by atoms with Crippen molar-refractivity contribution in [3.8, 4) is 5.88 Å². The molecular weight excluding hydrogens is 365 g/mol. The minimum absolute atomic E-state index is 0.0304. The lowest BCUT2D eigenvalue weighted by atomic mass is 10.1. The van der Waals surface area contributed by atoms with E-state index in [1.165, 1.54) is 17.2 Å². The van der Waals surface area contributed by atoms with Gasteiger partial charge in [0.05, 0.1) is 12.7 Å². The van der Waals surface area contributed by atoms with Crippen molar-refractivity contribution in [1.82, 2.24) is 15.2 Å². The second kappa shape index (κ2) is 7.18. The Morgan fingerprint density at radius 1 is 1.60 bits per heavy atom. The van der Waals surface area contributed by atoms with Crippen LogP contribution < -0.4 is 10.1 Å². The summed E-state index contributed by atoms with van der Waals surface area (Å²) in [5, 5.41) is 19.4. The Kier molecular flexibility index (Phi) is 5.41. The summed E-state index contributed by atoms with van der Waals surface area (Å²) >= 11 is 5.91. The number of nitrogens with zero attached hydrogens (tertiary/aromatic N) is 2. The van der Waals surface area contributed by atoms with Crippen LogP contribution in [0.5, 0.6) is 5.88 Å². The normalized spacial score (nSPS) is 16.1. The van der Waals surface area contributed by atoms with E-state index in [1.54, 1.807) is 6.92 Å². The van der Waals surface area contributed by atoms with Gasteiger partial charge < -0.3 is 20.1 Å². The zero-order chi connectivity index (χ0) is 18.8. The number of aliphatic carboxylic acids is 1. The number of halogens is 4. The van der Waals surface area contributed by atoms with Gasteiger partial charge in [0.1, 0.15) is 16.6 Å². The number of hydrogen-bond donors (Lipinski definition) is 3. The molecular formula is C14H14ClF3N4O3. The van der Waals surface area contributed by atoms with Gasteiger partial charge in [0.25, 0.3) is 0 Å². The Morgan fingerprint density at radius 3 is 2.80 bits per heavy atom. The SMILES string of the molecule is CC(c1cnc(OCC(F)(F)F)c(Cl)c1)N1CNC(C(=O)O)=CC1=N. The molecule has 1 atom stereocenters. The minimum atomic E-state index is -4.50. The predicted octanol–water partition coefficient (Wildman–Crippen LogP) is 2.55. The molecule has 0 saturated carbocycles. The molecule has 0 fully saturated rings. The lowest BCUT2D eigenvalue weighted by molar-refractivity contribution is -0.154. The summed E-state index contributed by atoms with van der Waals surface area (Å²) in [5.74, 6) is -1.54. The molecule has 1 aliphatic rings. The summed E-state index contributed by atoms with van der Waals surface area (Å²) in [6, 6.07) is 0.975. The molecule has 0 amide bonds. The highest BCUT2D eigenvalue weighted by molar-refractivity contribution is 6.31. The summed E-state index contributed by atoms with van der Waals surface area (Å²) in [6.07, 6.45) is -2.04. The van der Waals surface area contributed by atoms with Crippen LogP contribution in [0.4, 0.5) is 13.2 Å². The van der Waals surface area contributed by atoms with Gasteiger partial charge in [0, 0.05) is 12.3 Å². The van der Waals surface area contributed by atoms with Crippen molar-refractivity contribution in [2.75, 3.05) is 13.3 Å². The quantitative estimate of drug-likeness (QED) is 0.728. The fraction of sp³-hybridized carbons (Fsp3) is 0.357. The van der Waals surface area contributed by atoms with Crippen LogP contribution in [0.25, 0.3) is 0 Å². The molecule has 136 valence electrons. The third kappa shape index (κ3) is 4.75. The van der Waals surface area contributed by atoms with E-state index in [0.29, 0.717) is 5.56 Å². The van der Waals surface area contributed by atoms with E-state index in [1.807, 2.05) is 0 Å². The smallest absolute Gasteiger partial charge is 0.422 e. The van der Waals surface area contributed by atoms with Crippen molar-refractivity contribution in [2.24, 2.45) is 0 Å². The van der Waals surface area contributed by atoms with Gasteiger partial charge in [-0.3, -0.25) is 5.41 Å². The van der Waals surface area contributed by atoms with Gasteiger partial charge in [0.15, 0.2) is 6.61 Å².